The van der Waals surface area contributed by atoms with Gasteiger partial charge in [-0.25, -0.2) is 0 Å². The molecule has 3 nitrogen and oxygen atoms in total. The van der Waals surface area contributed by atoms with Crippen LogP contribution in [0.15, 0.2) is 59.6 Å². The number of amides is 1. The Labute approximate surface area is 150 Å². The number of alkyl halides is 1. The first kappa shape index (κ1) is 16.7. The van der Waals surface area contributed by atoms with Crippen LogP contribution >= 0.6 is 23.2 Å². The zero-order valence-corrected chi connectivity index (χ0v) is 14.7. The van der Waals surface area contributed by atoms with E-state index >= 15 is 0 Å². The Morgan fingerprint density at radius 2 is 1.54 bits per heavy atom. The standard InChI is InChI=1S/C19H15Cl2NO2/c1-12-8-6-7-11-14(12)16-15(20)17(23)19(2,21)18(24)22(16)13-9-4-3-5-10-13/h3-11H,1-2H3. The summed E-state index contributed by atoms with van der Waals surface area (Å²) in [5.74, 6) is -1.09. The molecular formula is C19H15Cl2NO2. The summed E-state index contributed by atoms with van der Waals surface area (Å²) in [5.41, 5.74) is 2.61. The molecule has 1 aliphatic heterocycles. The van der Waals surface area contributed by atoms with Gasteiger partial charge < -0.3 is 0 Å². The Kier molecular flexibility index (Phi) is 4.24. The molecule has 1 atom stereocenters. The van der Waals surface area contributed by atoms with Crippen LogP contribution in [0.2, 0.25) is 0 Å². The summed E-state index contributed by atoms with van der Waals surface area (Å²) < 4.78 is 0. The zero-order valence-electron chi connectivity index (χ0n) is 13.2. The van der Waals surface area contributed by atoms with Crippen molar-refractivity contribution in [3.8, 4) is 0 Å². The first-order valence-corrected chi connectivity index (χ1v) is 8.20. The van der Waals surface area contributed by atoms with E-state index in [1.807, 2.05) is 49.4 Å². The van der Waals surface area contributed by atoms with Crippen LogP contribution in [0.3, 0.4) is 0 Å². The van der Waals surface area contributed by atoms with Gasteiger partial charge in [0.2, 0.25) is 5.78 Å². The van der Waals surface area contributed by atoms with Crippen LogP contribution in [0.1, 0.15) is 18.1 Å². The van der Waals surface area contributed by atoms with Crippen molar-refractivity contribution < 1.29 is 9.59 Å². The van der Waals surface area contributed by atoms with Crippen molar-refractivity contribution in [3.05, 3.63) is 70.8 Å². The van der Waals surface area contributed by atoms with Gasteiger partial charge in [-0.1, -0.05) is 65.7 Å². The van der Waals surface area contributed by atoms with E-state index in [4.69, 9.17) is 23.2 Å². The summed E-state index contributed by atoms with van der Waals surface area (Å²) in [6, 6.07) is 16.5. The molecule has 122 valence electrons. The Balaban J connectivity index is 2.32. The van der Waals surface area contributed by atoms with E-state index in [0.717, 1.165) is 11.1 Å². The zero-order chi connectivity index (χ0) is 17.5. The molecule has 0 N–H and O–H groups in total. The summed E-state index contributed by atoms with van der Waals surface area (Å²) in [6.07, 6.45) is 0. The number of ketones is 1. The average Bonchev–Trinajstić information content (AvgIpc) is 2.58. The Morgan fingerprint density at radius 1 is 0.958 bits per heavy atom. The summed E-state index contributed by atoms with van der Waals surface area (Å²) in [7, 11) is 0. The molecular weight excluding hydrogens is 345 g/mol. The fourth-order valence-electron chi connectivity index (χ4n) is 2.72. The number of rotatable bonds is 2. The van der Waals surface area contributed by atoms with E-state index in [1.165, 1.54) is 11.8 Å². The molecule has 0 spiro atoms. The molecule has 2 aromatic rings. The largest absolute Gasteiger partial charge is 0.291 e. The minimum Gasteiger partial charge on any atom is -0.291 e. The maximum Gasteiger partial charge on any atom is 0.260 e. The van der Waals surface area contributed by atoms with Gasteiger partial charge in [-0.3, -0.25) is 14.5 Å². The van der Waals surface area contributed by atoms with Gasteiger partial charge in [0, 0.05) is 11.3 Å². The molecule has 0 saturated heterocycles. The normalized spacial score (nSPS) is 21.4. The maximum atomic E-state index is 13.0. The van der Waals surface area contributed by atoms with Crippen molar-refractivity contribution in [3.63, 3.8) is 0 Å². The lowest BCUT2D eigenvalue weighted by atomic mass is 9.92. The summed E-state index contributed by atoms with van der Waals surface area (Å²) in [5, 5.41) is -0.0368. The smallest absolute Gasteiger partial charge is 0.260 e. The van der Waals surface area contributed by atoms with Gasteiger partial charge in [0.25, 0.3) is 5.91 Å². The molecule has 1 unspecified atom stereocenters. The number of anilines is 1. The third-order valence-corrected chi connectivity index (χ3v) is 4.76. The number of Topliss-reactive ketones (excluding diaryl/α,β-unsaturated/α-hetero) is 1. The topological polar surface area (TPSA) is 37.4 Å². The molecule has 0 saturated carbocycles. The monoisotopic (exact) mass is 359 g/mol. The van der Waals surface area contributed by atoms with E-state index in [0.29, 0.717) is 11.4 Å². The molecule has 0 aliphatic carbocycles. The number of hydrogen-bond acceptors (Lipinski definition) is 2. The molecule has 0 fully saturated rings. The summed E-state index contributed by atoms with van der Waals surface area (Å²) >= 11 is 12.6. The molecule has 0 aromatic heterocycles. The fourth-order valence-corrected chi connectivity index (χ4v) is 3.32. The molecule has 0 radical (unpaired) electrons. The van der Waals surface area contributed by atoms with Gasteiger partial charge in [-0.05, 0) is 31.5 Å². The van der Waals surface area contributed by atoms with Crippen LogP contribution in [0.4, 0.5) is 5.69 Å². The second-order valence-electron chi connectivity index (χ2n) is 5.79. The molecule has 1 aliphatic rings. The van der Waals surface area contributed by atoms with Gasteiger partial charge in [0.1, 0.15) is 5.03 Å². The quantitative estimate of drug-likeness (QED) is 0.584. The van der Waals surface area contributed by atoms with E-state index < -0.39 is 16.6 Å². The number of hydrogen-bond donors (Lipinski definition) is 0. The van der Waals surface area contributed by atoms with E-state index in [1.54, 1.807) is 12.1 Å². The van der Waals surface area contributed by atoms with Gasteiger partial charge in [0.05, 0.1) is 5.70 Å². The fraction of sp³-hybridized carbons (Fsp3) is 0.158. The first-order chi connectivity index (χ1) is 11.4. The SMILES string of the molecule is Cc1ccccc1C1=C(Cl)C(=O)C(C)(Cl)C(=O)N1c1ccccc1. The molecule has 2 aromatic carbocycles. The molecule has 24 heavy (non-hydrogen) atoms. The predicted molar refractivity (Wildman–Crippen MR) is 97.1 cm³/mol. The van der Waals surface area contributed by atoms with Crippen molar-refractivity contribution >= 4 is 46.3 Å². The Hall–Kier alpha value is -2.10. The van der Waals surface area contributed by atoms with Crippen LogP contribution in [-0.2, 0) is 9.59 Å². The molecule has 1 heterocycles. The molecule has 3 rings (SSSR count). The number of benzene rings is 2. The third kappa shape index (κ3) is 2.54. The van der Waals surface area contributed by atoms with Gasteiger partial charge in [-0.2, -0.15) is 0 Å². The van der Waals surface area contributed by atoms with Gasteiger partial charge in [-0.15, -0.1) is 0 Å². The lowest BCUT2D eigenvalue weighted by Crippen LogP contribution is -2.52. The maximum absolute atomic E-state index is 13.0. The number of aryl methyl sites for hydroxylation is 1. The Bertz CT molecular complexity index is 857. The summed E-state index contributed by atoms with van der Waals surface area (Å²) in [4.78, 5) is 25.2. The highest BCUT2D eigenvalue weighted by molar-refractivity contribution is 6.61. The van der Waals surface area contributed by atoms with Crippen LogP contribution in [0.5, 0.6) is 0 Å². The lowest BCUT2D eigenvalue weighted by molar-refractivity contribution is -0.128. The van der Waals surface area contributed by atoms with Crippen molar-refractivity contribution in [2.75, 3.05) is 4.90 Å². The van der Waals surface area contributed by atoms with Crippen molar-refractivity contribution in [2.24, 2.45) is 0 Å². The van der Waals surface area contributed by atoms with Crippen LogP contribution in [-0.4, -0.2) is 16.6 Å². The van der Waals surface area contributed by atoms with E-state index in [-0.39, 0.29) is 5.03 Å². The molecule has 5 heteroatoms. The minimum atomic E-state index is -1.72. The second-order valence-corrected chi connectivity index (χ2v) is 6.92. The third-order valence-electron chi connectivity index (χ3n) is 4.08. The van der Waals surface area contributed by atoms with Crippen molar-refractivity contribution in [2.45, 2.75) is 18.7 Å². The number of carbonyl (C=O) groups excluding carboxylic acids is 2. The van der Waals surface area contributed by atoms with Crippen LogP contribution in [0.25, 0.3) is 5.70 Å². The lowest BCUT2D eigenvalue weighted by Gasteiger charge is -2.36. The van der Waals surface area contributed by atoms with E-state index in [9.17, 15) is 9.59 Å². The number of nitrogens with zero attached hydrogens (tertiary/aromatic N) is 1. The van der Waals surface area contributed by atoms with Crippen molar-refractivity contribution in [1.29, 1.82) is 0 Å². The predicted octanol–water partition coefficient (Wildman–Crippen LogP) is 4.52. The number of halogens is 2. The van der Waals surface area contributed by atoms with Crippen molar-refractivity contribution in [1.82, 2.24) is 0 Å². The second kappa shape index (κ2) is 6.08. The van der Waals surface area contributed by atoms with E-state index in [2.05, 4.69) is 0 Å². The average molecular weight is 360 g/mol. The molecule has 0 bridgehead atoms. The Morgan fingerprint density at radius 3 is 2.17 bits per heavy atom. The highest BCUT2D eigenvalue weighted by Gasteiger charge is 2.50. The van der Waals surface area contributed by atoms with Crippen LogP contribution in [0, 0.1) is 6.92 Å². The number of carbonyl (C=O) groups is 2. The number of para-hydroxylation sites is 1. The minimum absolute atomic E-state index is 0.0368. The highest BCUT2D eigenvalue weighted by atomic mass is 35.5. The number of allylic oxidation sites excluding steroid dienone is 1. The van der Waals surface area contributed by atoms with Gasteiger partial charge in [0.15, 0.2) is 4.87 Å². The van der Waals surface area contributed by atoms with Crippen LogP contribution < -0.4 is 4.90 Å². The molecule has 1 amide bonds. The first-order valence-electron chi connectivity index (χ1n) is 7.45. The highest BCUT2D eigenvalue weighted by Crippen LogP contribution is 2.41. The summed E-state index contributed by atoms with van der Waals surface area (Å²) in [6.45, 7) is 3.28. The van der Waals surface area contributed by atoms with Gasteiger partial charge >= 0.3 is 0 Å².